The van der Waals surface area contributed by atoms with E-state index in [2.05, 4.69) is 14.8 Å². The monoisotopic (exact) mass is 385 g/mol. The van der Waals surface area contributed by atoms with Gasteiger partial charge in [-0.05, 0) is 44.4 Å². The van der Waals surface area contributed by atoms with Crippen LogP contribution in [0.2, 0.25) is 10.0 Å². The molecule has 0 spiro atoms. The SMILES string of the molecule is Cc1nnc([S@@](=O)[C@H](C)c2ccc(Cl)cc2Cl)n1C1CCCCC1. The molecular formula is C17H21Cl2N3OS. The van der Waals surface area contributed by atoms with E-state index in [1.165, 1.54) is 19.3 Å². The van der Waals surface area contributed by atoms with E-state index in [0.717, 1.165) is 24.2 Å². The molecule has 2 atom stereocenters. The standard InChI is InChI=1S/C17H21Cl2N3OS/c1-11(15-9-8-13(18)10-16(15)19)24(23)17-21-20-12(2)22(17)14-6-4-3-5-7-14/h8-11,14H,3-7H2,1-2H3/t11-,24+/m1/s1. The van der Waals surface area contributed by atoms with Crippen molar-refractivity contribution in [2.75, 3.05) is 0 Å². The Bertz CT molecular complexity index is 756. The lowest BCUT2D eigenvalue weighted by atomic mass is 9.95. The molecule has 7 heteroatoms. The van der Waals surface area contributed by atoms with Crippen molar-refractivity contribution in [3.8, 4) is 0 Å². The zero-order valence-electron chi connectivity index (χ0n) is 13.8. The van der Waals surface area contributed by atoms with Gasteiger partial charge in [0.15, 0.2) is 0 Å². The summed E-state index contributed by atoms with van der Waals surface area (Å²) < 4.78 is 15.2. The molecule has 0 aliphatic heterocycles. The summed E-state index contributed by atoms with van der Waals surface area (Å²) in [5.41, 5.74) is 0.815. The van der Waals surface area contributed by atoms with E-state index in [0.29, 0.717) is 21.2 Å². The molecule has 1 aliphatic rings. The number of hydrogen-bond acceptors (Lipinski definition) is 3. The molecule has 1 heterocycles. The number of nitrogens with zero attached hydrogens (tertiary/aromatic N) is 3. The van der Waals surface area contributed by atoms with Crippen LogP contribution in [0.25, 0.3) is 0 Å². The zero-order chi connectivity index (χ0) is 17.3. The van der Waals surface area contributed by atoms with Gasteiger partial charge in [0.1, 0.15) is 5.82 Å². The predicted octanol–water partition coefficient (Wildman–Crippen LogP) is 5.27. The van der Waals surface area contributed by atoms with Crippen LogP contribution >= 0.6 is 23.2 Å². The van der Waals surface area contributed by atoms with Crippen LogP contribution in [0.5, 0.6) is 0 Å². The summed E-state index contributed by atoms with van der Waals surface area (Å²) in [5.74, 6) is 0.833. The molecule has 24 heavy (non-hydrogen) atoms. The molecule has 1 fully saturated rings. The molecule has 0 radical (unpaired) electrons. The highest BCUT2D eigenvalue weighted by Gasteiger charge is 2.28. The van der Waals surface area contributed by atoms with Crippen LogP contribution in [0.3, 0.4) is 0 Å². The van der Waals surface area contributed by atoms with E-state index >= 15 is 0 Å². The Morgan fingerprint density at radius 2 is 1.92 bits per heavy atom. The van der Waals surface area contributed by atoms with E-state index in [9.17, 15) is 4.21 Å². The predicted molar refractivity (Wildman–Crippen MR) is 98.2 cm³/mol. The number of benzene rings is 1. The molecule has 3 rings (SSSR count). The molecule has 1 aromatic carbocycles. The van der Waals surface area contributed by atoms with Gasteiger partial charge in [0.25, 0.3) is 0 Å². The van der Waals surface area contributed by atoms with Crippen LogP contribution in [-0.4, -0.2) is 19.0 Å². The third-order valence-electron chi connectivity index (χ3n) is 4.68. The summed E-state index contributed by atoms with van der Waals surface area (Å²) in [5, 5.41) is 9.80. The van der Waals surface area contributed by atoms with Gasteiger partial charge in [-0.1, -0.05) is 48.5 Å². The summed E-state index contributed by atoms with van der Waals surface area (Å²) in [4.78, 5) is 0. The highest BCUT2D eigenvalue weighted by molar-refractivity contribution is 7.85. The Kier molecular flexibility index (Phi) is 5.63. The second kappa shape index (κ2) is 7.54. The summed E-state index contributed by atoms with van der Waals surface area (Å²) in [7, 11) is -1.33. The lowest BCUT2D eigenvalue weighted by Crippen LogP contribution is -2.19. The molecule has 1 aromatic heterocycles. The van der Waals surface area contributed by atoms with Crippen LogP contribution in [0, 0.1) is 6.92 Å². The maximum absolute atomic E-state index is 13.2. The van der Waals surface area contributed by atoms with E-state index in [-0.39, 0.29) is 5.25 Å². The summed E-state index contributed by atoms with van der Waals surface area (Å²) in [6.45, 7) is 3.84. The molecule has 0 bridgehead atoms. The largest absolute Gasteiger partial charge is 0.301 e. The van der Waals surface area contributed by atoms with Crippen molar-refractivity contribution in [3.63, 3.8) is 0 Å². The van der Waals surface area contributed by atoms with Gasteiger partial charge in [-0.2, -0.15) is 0 Å². The van der Waals surface area contributed by atoms with Crippen LogP contribution < -0.4 is 0 Å². The Hall–Kier alpha value is -0.910. The first-order valence-corrected chi connectivity index (χ1v) is 10.2. The number of aromatic nitrogens is 3. The van der Waals surface area contributed by atoms with Crippen LogP contribution in [-0.2, 0) is 10.8 Å². The van der Waals surface area contributed by atoms with Crippen molar-refractivity contribution in [3.05, 3.63) is 39.6 Å². The van der Waals surface area contributed by atoms with E-state index < -0.39 is 10.8 Å². The van der Waals surface area contributed by atoms with Gasteiger partial charge in [-0.25, -0.2) is 0 Å². The van der Waals surface area contributed by atoms with Crippen molar-refractivity contribution in [2.45, 2.75) is 62.4 Å². The van der Waals surface area contributed by atoms with Crippen molar-refractivity contribution in [2.24, 2.45) is 0 Å². The van der Waals surface area contributed by atoms with Gasteiger partial charge >= 0.3 is 0 Å². The lowest BCUT2D eigenvalue weighted by molar-refractivity contribution is 0.330. The molecular weight excluding hydrogens is 365 g/mol. The first-order valence-electron chi connectivity index (χ1n) is 8.26. The number of halogens is 2. The third-order valence-corrected chi connectivity index (χ3v) is 6.77. The van der Waals surface area contributed by atoms with Gasteiger partial charge < -0.3 is 4.57 Å². The van der Waals surface area contributed by atoms with Crippen molar-refractivity contribution < 1.29 is 4.21 Å². The third kappa shape index (κ3) is 3.53. The Morgan fingerprint density at radius 3 is 2.58 bits per heavy atom. The lowest BCUT2D eigenvalue weighted by Gasteiger charge is -2.25. The number of aryl methyl sites for hydroxylation is 1. The molecule has 0 saturated heterocycles. The fourth-order valence-electron chi connectivity index (χ4n) is 3.35. The zero-order valence-corrected chi connectivity index (χ0v) is 16.2. The first-order chi connectivity index (χ1) is 11.5. The molecule has 1 aliphatic carbocycles. The van der Waals surface area contributed by atoms with Gasteiger partial charge in [0.05, 0.1) is 16.0 Å². The highest BCUT2D eigenvalue weighted by atomic mass is 35.5. The molecule has 130 valence electrons. The Morgan fingerprint density at radius 1 is 1.21 bits per heavy atom. The molecule has 0 amide bonds. The maximum atomic E-state index is 13.2. The van der Waals surface area contributed by atoms with Crippen molar-refractivity contribution in [1.82, 2.24) is 14.8 Å². The second-order valence-electron chi connectivity index (χ2n) is 6.30. The van der Waals surface area contributed by atoms with Crippen molar-refractivity contribution >= 4 is 34.0 Å². The fraction of sp³-hybridized carbons (Fsp3) is 0.529. The van der Waals surface area contributed by atoms with Crippen molar-refractivity contribution in [1.29, 1.82) is 0 Å². The summed E-state index contributed by atoms with van der Waals surface area (Å²) in [6, 6.07) is 5.64. The van der Waals surface area contributed by atoms with Crippen LogP contribution in [0.1, 0.15) is 61.7 Å². The number of rotatable bonds is 4. The molecule has 0 unspecified atom stereocenters. The Balaban J connectivity index is 1.92. The van der Waals surface area contributed by atoms with Gasteiger partial charge in [-0.15, -0.1) is 10.2 Å². The quantitative estimate of drug-likeness (QED) is 0.720. The smallest absolute Gasteiger partial charge is 0.222 e. The average molecular weight is 386 g/mol. The van der Waals surface area contributed by atoms with E-state index in [1.54, 1.807) is 12.1 Å². The Labute approximate surface area is 155 Å². The minimum absolute atomic E-state index is 0.277. The average Bonchev–Trinajstić information content (AvgIpc) is 2.96. The highest BCUT2D eigenvalue weighted by Crippen LogP contribution is 2.35. The topological polar surface area (TPSA) is 47.8 Å². The second-order valence-corrected chi connectivity index (χ2v) is 8.81. The minimum Gasteiger partial charge on any atom is -0.301 e. The maximum Gasteiger partial charge on any atom is 0.222 e. The summed E-state index contributed by atoms with van der Waals surface area (Å²) in [6.07, 6.45) is 5.87. The molecule has 4 nitrogen and oxygen atoms in total. The van der Waals surface area contributed by atoms with E-state index in [4.69, 9.17) is 23.2 Å². The summed E-state index contributed by atoms with van der Waals surface area (Å²) >= 11 is 12.2. The van der Waals surface area contributed by atoms with Gasteiger partial charge in [-0.3, -0.25) is 4.21 Å². The van der Waals surface area contributed by atoms with Crippen LogP contribution in [0.15, 0.2) is 23.4 Å². The minimum atomic E-state index is -1.33. The first kappa shape index (κ1) is 17.9. The fourth-order valence-corrected chi connectivity index (χ4v) is 5.34. The molecule has 0 N–H and O–H groups in total. The van der Waals surface area contributed by atoms with Gasteiger partial charge in [0, 0.05) is 16.1 Å². The van der Waals surface area contributed by atoms with Crippen LogP contribution in [0.4, 0.5) is 0 Å². The molecule has 1 saturated carbocycles. The van der Waals surface area contributed by atoms with Gasteiger partial charge in [0.2, 0.25) is 5.16 Å². The van der Waals surface area contributed by atoms with E-state index in [1.807, 2.05) is 19.9 Å². The normalized spacial score (nSPS) is 18.5. The molecule has 2 aromatic rings. The number of hydrogen-bond donors (Lipinski definition) is 0.